The summed E-state index contributed by atoms with van der Waals surface area (Å²) >= 11 is 0. The molecule has 2 N–H and O–H groups in total. The maximum absolute atomic E-state index is 12.6. The van der Waals surface area contributed by atoms with Gasteiger partial charge in [-0.05, 0) is 25.0 Å². The van der Waals surface area contributed by atoms with Crippen LogP contribution in [-0.2, 0) is 9.59 Å². The number of carbonyl (C=O) groups is 4. The number of hydrogen-bond donors (Lipinski definition) is 2. The molecule has 3 rings (SSSR count). The zero-order valence-electron chi connectivity index (χ0n) is 14.2. The van der Waals surface area contributed by atoms with E-state index in [0.717, 1.165) is 0 Å². The quantitative estimate of drug-likeness (QED) is 0.503. The zero-order chi connectivity index (χ0) is 16.8. The summed E-state index contributed by atoms with van der Waals surface area (Å²) in [4.78, 5) is 49.5. The van der Waals surface area contributed by atoms with Gasteiger partial charge in [-0.15, -0.1) is 0 Å². The number of hydrogen-bond acceptors (Lipinski definition) is 4. The van der Waals surface area contributed by atoms with Gasteiger partial charge in [0.15, 0.2) is 5.54 Å². The minimum atomic E-state index is -2.03. The number of aliphatic carboxylic acids is 2. The van der Waals surface area contributed by atoms with Crippen molar-refractivity contribution in [3.05, 3.63) is 35.4 Å². The van der Waals surface area contributed by atoms with E-state index in [1.54, 1.807) is 12.1 Å². The molecule has 0 radical (unpaired) electrons. The van der Waals surface area contributed by atoms with E-state index in [1.807, 2.05) is 0 Å². The third kappa shape index (κ3) is 2.66. The standard InChI is InChI=1S/C16H15NO6.K.H/c18-12-9-5-1-2-6-10(9)13(19)17(12)16(15(22)23)8-4-3-7-11(16)14(20)21;;/h1-2,5-6,11H,3-4,7-8H2,(H,20,21)(H,22,23);;/q;+1;-1. The van der Waals surface area contributed by atoms with Crippen LogP contribution in [0.2, 0.25) is 0 Å². The predicted octanol–water partition coefficient (Wildman–Crippen LogP) is -1.50. The van der Waals surface area contributed by atoms with Crippen molar-refractivity contribution in [2.24, 2.45) is 5.92 Å². The Labute approximate surface area is 181 Å². The van der Waals surface area contributed by atoms with Gasteiger partial charge < -0.3 is 11.6 Å². The van der Waals surface area contributed by atoms with E-state index >= 15 is 0 Å². The fraction of sp³-hybridized carbons (Fsp3) is 0.375. The molecule has 1 aliphatic heterocycles. The summed E-state index contributed by atoms with van der Waals surface area (Å²) < 4.78 is 0. The predicted molar refractivity (Wildman–Crippen MR) is 78.0 cm³/mol. The second-order valence-corrected chi connectivity index (χ2v) is 5.86. The molecule has 1 aromatic carbocycles. The molecule has 2 aliphatic rings. The van der Waals surface area contributed by atoms with Crippen LogP contribution in [0, 0.1) is 5.92 Å². The fourth-order valence-electron chi connectivity index (χ4n) is 3.65. The van der Waals surface area contributed by atoms with Crippen molar-refractivity contribution in [1.29, 1.82) is 0 Å². The molecule has 0 aromatic heterocycles. The van der Waals surface area contributed by atoms with E-state index < -0.39 is 35.2 Å². The van der Waals surface area contributed by atoms with Gasteiger partial charge in [0.05, 0.1) is 17.0 Å². The molecular formula is C16H16KNO6. The molecule has 1 aliphatic carbocycles. The number of amides is 2. The van der Waals surface area contributed by atoms with Gasteiger partial charge in [0.1, 0.15) is 0 Å². The number of benzene rings is 1. The maximum atomic E-state index is 12.6. The first kappa shape index (κ1) is 19.3. The number of carboxylic acids is 2. The van der Waals surface area contributed by atoms with Crippen molar-refractivity contribution in [2.75, 3.05) is 0 Å². The van der Waals surface area contributed by atoms with Crippen molar-refractivity contribution in [3.8, 4) is 0 Å². The number of rotatable bonds is 3. The second-order valence-electron chi connectivity index (χ2n) is 5.86. The van der Waals surface area contributed by atoms with Crippen molar-refractivity contribution in [1.82, 2.24) is 4.90 Å². The average molecular weight is 357 g/mol. The van der Waals surface area contributed by atoms with E-state index in [0.29, 0.717) is 17.7 Å². The van der Waals surface area contributed by atoms with Gasteiger partial charge in [-0.1, -0.05) is 25.0 Å². The maximum Gasteiger partial charge on any atom is 1.00 e. The van der Waals surface area contributed by atoms with E-state index in [4.69, 9.17) is 0 Å². The number of fused-ring (bicyclic) bond motifs is 1. The third-order valence-corrected chi connectivity index (χ3v) is 4.74. The minimum absolute atomic E-state index is 0. The van der Waals surface area contributed by atoms with Gasteiger partial charge >= 0.3 is 63.3 Å². The molecule has 1 saturated carbocycles. The number of carboxylic acid groups (broad SMARTS) is 2. The average Bonchev–Trinajstić information content (AvgIpc) is 2.79. The van der Waals surface area contributed by atoms with Gasteiger partial charge in [0.25, 0.3) is 11.8 Å². The van der Waals surface area contributed by atoms with Gasteiger partial charge in [-0.2, -0.15) is 0 Å². The van der Waals surface area contributed by atoms with Crippen molar-refractivity contribution < 1.29 is 82.2 Å². The second kappa shape index (κ2) is 7.05. The molecule has 1 aromatic rings. The third-order valence-electron chi connectivity index (χ3n) is 4.74. The van der Waals surface area contributed by atoms with E-state index in [-0.39, 0.29) is 76.8 Å². The Kier molecular flexibility index (Phi) is 5.66. The van der Waals surface area contributed by atoms with Crippen molar-refractivity contribution in [3.63, 3.8) is 0 Å². The summed E-state index contributed by atoms with van der Waals surface area (Å²) in [5, 5.41) is 19.2. The first-order valence-electron chi connectivity index (χ1n) is 7.35. The summed E-state index contributed by atoms with van der Waals surface area (Å²) in [7, 11) is 0. The SMILES string of the molecule is O=C(O)C1CCCCC1(C(=O)O)N1C(=O)c2ccccc2C1=O.[H-].[K+]. The monoisotopic (exact) mass is 357 g/mol. The first-order chi connectivity index (χ1) is 10.9. The smallest absolute Gasteiger partial charge is 1.00 e. The van der Waals surface area contributed by atoms with Crippen LogP contribution < -0.4 is 51.4 Å². The Bertz CT molecular complexity index is 704. The van der Waals surface area contributed by atoms with Crippen LogP contribution >= 0.6 is 0 Å². The van der Waals surface area contributed by atoms with Crippen molar-refractivity contribution in [2.45, 2.75) is 31.2 Å². The minimum Gasteiger partial charge on any atom is -1.00 e. The Morgan fingerprint density at radius 3 is 2.08 bits per heavy atom. The summed E-state index contributed by atoms with van der Waals surface area (Å²) in [6, 6.07) is 6.06. The van der Waals surface area contributed by atoms with Crippen LogP contribution in [0.25, 0.3) is 0 Å². The van der Waals surface area contributed by atoms with E-state index in [2.05, 4.69) is 0 Å². The summed E-state index contributed by atoms with van der Waals surface area (Å²) in [6.45, 7) is 0. The molecular weight excluding hydrogens is 341 g/mol. The Hall–Kier alpha value is -1.06. The Morgan fingerprint density at radius 2 is 1.62 bits per heavy atom. The molecule has 2 unspecified atom stereocenters. The van der Waals surface area contributed by atoms with Gasteiger partial charge in [-0.3, -0.25) is 19.3 Å². The van der Waals surface area contributed by atoms with Crippen LogP contribution in [0.4, 0.5) is 0 Å². The number of nitrogens with zero attached hydrogens (tertiary/aromatic N) is 1. The Morgan fingerprint density at radius 1 is 1.08 bits per heavy atom. The van der Waals surface area contributed by atoms with Crippen molar-refractivity contribution >= 4 is 23.8 Å². The zero-order valence-corrected chi connectivity index (χ0v) is 16.3. The van der Waals surface area contributed by atoms with Gasteiger partial charge in [0, 0.05) is 0 Å². The Balaban J connectivity index is 0.00000156. The molecule has 0 bridgehead atoms. The largest absolute Gasteiger partial charge is 1.00 e. The first-order valence-corrected chi connectivity index (χ1v) is 7.35. The number of carbonyl (C=O) groups excluding carboxylic acids is 2. The van der Waals surface area contributed by atoms with Gasteiger partial charge in [0.2, 0.25) is 0 Å². The molecule has 1 heterocycles. The summed E-state index contributed by atoms with van der Waals surface area (Å²) in [6.07, 6.45) is 1.07. The fourth-order valence-corrected chi connectivity index (χ4v) is 3.65. The van der Waals surface area contributed by atoms with Crippen LogP contribution in [0.15, 0.2) is 24.3 Å². The van der Waals surface area contributed by atoms with E-state index in [9.17, 15) is 29.4 Å². The molecule has 8 heteroatoms. The molecule has 24 heavy (non-hydrogen) atoms. The molecule has 1 fully saturated rings. The van der Waals surface area contributed by atoms with Gasteiger partial charge in [-0.25, -0.2) is 4.79 Å². The molecule has 7 nitrogen and oxygen atoms in total. The van der Waals surface area contributed by atoms with Crippen LogP contribution in [-0.4, -0.2) is 44.4 Å². The topological polar surface area (TPSA) is 112 Å². The molecule has 0 spiro atoms. The summed E-state index contributed by atoms with van der Waals surface area (Å²) in [5.41, 5.74) is -1.79. The molecule has 0 saturated heterocycles. The van der Waals surface area contributed by atoms with E-state index in [1.165, 1.54) is 12.1 Å². The summed E-state index contributed by atoms with van der Waals surface area (Å²) in [5.74, 6) is -5.53. The van der Waals surface area contributed by atoms with Crippen LogP contribution in [0.3, 0.4) is 0 Å². The molecule has 122 valence electrons. The molecule has 2 amide bonds. The normalized spacial score (nSPS) is 25.8. The number of imide groups is 1. The van der Waals surface area contributed by atoms with Crippen LogP contribution in [0.1, 0.15) is 47.8 Å². The van der Waals surface area contributed by atoms with Crippen LogP contribution in [0.5, 0.6) is 0 Å². The molecule has 2 atom stereocenters.